The predicted molar refractivity (Wildman–Crippen MR) is 127 cm³/mol. The summed E-state index contributed by atoms with van der Waals surface area (Å²) in [4.78, 5) is 8.70. The number of pyridine rings is 2. The fourth-order valence-electron chi connectivity index (χ4n) is 4.44. The van der Waals surface area contributed by atoms with Crippen LogP contribution in [0.5, 0.6) is 0 Å². The van der Waals surface area contributed by atoms with Gasteiger partial charge >= 0.3 is 0 Å². The van der Waals surface area contributed by atoms with Gasteiger partial charge in [-0.3, -0.25) is 0 Å². The summed E-state index contributed by atoms with van der Waals surface area (Å²) in [5.74, 6) is 1.19. The molecule has 2 aromatic heterocycles. The van der Waals surface area contributed by atoms with Crippen molar-refractivity contribution in [2.45, 2.75) is 70.5 Å². The SMILES string of the molecule is COC[C@H](C)NC1CCC(Nc2cc(-c3ccnc(NCC4(C)CC4)c3)c(F)cn2)CC1. The number of hydrogen-bond donors (Lipinski definition) is 3. The van der Waals surface area contributed by atoms with Crippen molar-refractivity contribution in [2.75, 3.05) is 30.9 Å². The van der Waals surface area contributed by atoms with Crippen molar-refractivity contribution in [1.82, 2.24) is 15.3 Å². The van der Waals surface area contributed by atoms with Crippen molar-refractivity contribution >= 4 is 11.6 Å². The van der Waals surface area contributed by atoms with Gasteiger partial charge in [0.05, 0.1) is 12.8 Å². The molecule has 2 aromatic rings. The molecule has 0 aromatic carbocycles. The van der Waals surface area contributed by atoms with Gasteiger partial charge in [-0.15, -0.1) is 0 Å². The van der Waals surface area contributed by atoms with E-state index < -0.39 is 0 Å². The summed E-state index contributed by atoms with van der Waals surface area (Å²) in [5.41, 5.74) is 1.74. The van der Waals surface area contributed by atoms with Crippen molar-refractivity contribution in [3.05, 3.63) is 36.4 Å². The van der Waals surface area contributed by atoms with Gasteiger partial charge in [0.2, 0.25) is 0 Å². The first kappa shape index (κ1) is 22.9. The number of anilines is 2. The first-order valence-electron chi connectivity index (χ1n) is 11.8. The molecule has 0 aliphatic heterocycles. The normalized spacial score (nSPS) is 22.9. The van der Waals surface area contributed by atoms with Crippen LogP contribution in [0.4, 0.5) is 16.0 Å². The number of nitrogens with one attached hydrogen (secondary N) is 3. The average Bonchev–Trinajstić information content (AvgIpc) is 3.53. The van der Waals surface area contributed by atoms with E-state index in [0.29, 0.717) is 29.1 Å². The monoisotopic (exact) mass is 441 g/mol. The number of nitrogens with zero attached hydrogens (tertiary/aromatic N) is 2. The molecule has 174 valence electrons. The number of hydrogen-bond acceptors (Lipinski definition) is 6. The molecule has 0 bridgehead atoms. The van der Waals surface area contributed by atoms with Crippen LogP contribution in [0, 0.1) is 11.2 Å². The summed E-state index contributed by atoms with van der Waals surface area (Å²) in [5, 5.41) is 10.6. The van der Waals surface area contributed by atoms with Crippen LogP contribution in [0.25, 0.3) is 11.1 Å². The topological polar surface area (TPSA) is 71.1 Å². The van der Waals surface area contributed by atoms with Gasteiger partial charge < -0.3 is 20.7 Å². The Hall–Kier alpha value is -2.25. The molecule has 0 amide bonds. The molecule has 2 aliphatic rings. The third-order valence-electron chi connectivity index (χ3n) is 6.74. The molecule has 0 saturated heterocycles. The maximum Gasteiger partial charge on any atom is 0.149 e. The molecule has 0 spiro atoms. The fraction of sp³-hybridized carbons (Fsp3) is 0.600. The second kappa shape index (κ2) is 10.1. The molecule has 0 unspecified atom stereocenters. The number of halogens is 1. The van der Waals surface area contributed by atoms with Crippen LogP contribution in [0.1, 0.15) is 52.4 Å². The van der Waals surface area contributed by atoms with E-state index in [1.54, 1.807) is 13.3 Å². The minimum absolute atomic E-state index is 0.318. The van der Waals surface area contributed by atoms with Crippen molar-refractivity contribution in [3.8, 4) is 11.1 Å². The van der Waals surface area contributed by atoms with Gasteiger partial charge in [0.1, 0.15) is 17.5 Å². The summed E-state index contributed by atoms with van der Waals surface area (Å²) in [7, 11) is 1.74. The number of rotatable bonds is 10. The van der Waals surface area contributed by atoms with E-state index in [4.69, 9.17) is 4.74 Å². The van der Waals surface area contributed by atoms with Gasteiger partial charge in [-0.25, -0.2) is 14.4 Å². The maximum atomic E-state index is 14.6. The molecule has 2 aliphatic carbocycles. The molecule has 0 radical (unpaired) electrons. The molecule has 2 fully saturated rings. The second-order valence-corrected chi connectivity index (χ2v) is 9.86. The van der Waals surface area contributed by atoms with Crippen LogP contribution in [-0.2, 0) is 4.74 Å². The van der Waals surface area contributed by atoms with Crippen LogP contribution in [0.15, 0.2) is 30.6 Å². The van der Waals surface area contributed by atoms with Gasteiger partial charge in [-0.05, 0) is 74.6 Å². The molecule has 3 N–H and O–H groups in total. The number of methoxy groups -OCH3 is 1. The molecular weight excluding hydrogens is 405 g/mol. The third-order valence-corrected chi connectivity index (χ3v) is 6.74. The first-order valence-corrected chi connectivity index (χ1v) is 11.8. The fourth-order valence-corrected chi connectivity index (χ4v) is 4.44. The van der Waals surface area contributed by atoms with Gasteiger partial charge in [0, 0.05) is 43.5 Å². The molecule has 2 saturated carbocycles. The minimum atomic E-state index is -0.318. The van der Waals surface area contributed by atoms with E-state index >= 15 is 0 Å². The van der Waals surface area contributed by atoms with E-state index in [0.717, 1.165) is 56.0 Å². The standard InChI is InChI=1S/C25H36FN5O/c1-17(15-32-3)30-19-4-6-20(7-5-19)31-24-13-21(22(26)14-28-24)18-8-11-27-23(12-18)29-16-25(2)9-10-25/h8,11-14,17,19-20,30H,4-7,9-10,15-16H2,1-3H3,(H,27,29)(H,28,31)/t17-,19?,20?/m0/s1. The van der Waals surface area contributed by atoms with E-state index in [1.165, 1.54) is 19.0 Å². The zero-order valence-corrected chi connectivity index (χ0v) is 19.5. The second-order valence-electron chi connectivity index (χ2n) is 9.86. The molecule has 32 heavy (non-hydrogen) atoms. The lowest BCUT2D eigenvalue weighted by molar-refractivity contribution is 0.161. The minimum Gasteiger partial charge on any atom is -0.383 e. The molecular formula is C25H36FN5O. The van der Waals surface area contributed by atoms with Crippen LogP contribution >= 0.6 is 0 Å². The highest BCUT2D eigenvalue weighted by Crippen LogP contribution is 2.44. The highest BCUT2D eigenvalue weighted by atomic mass is 19.1. The summed E-state index contributed by atoms with van der Waals surface area (Å²) in [6.45, 7) is 6.06. The molecule has 4 rings (SSSR count). The quantitative estimate of drug-likeness (QED) is 0.490. The first-order chi connectivity index (χ1) is 15.4. The van der Waals surface area contributed by atoms with Crippen molar-refractivity contribution in [3.63, 3.8) is 0 Å². The summed E-state index contributed by atoms with van der Waals surface area (Å²) in [6.07, 6.45) is 9.89. The lowest BCUT2D eigenvalue weighted by Gasteiger charge is -2.31. The summed E-state index contributed by atoms with van der Waals surface area (Å²) in [6, 6.07) is 6.83. The highest BCUT2D eigenvalue weighted by Gasteiger charge is 2.36. The third kappa shape index (κ3) is 6.17. The van der Waals surface area contributed by atoms with Crippen molar-refractivity contribution < 1.29 is 9.13 Å². The Morgan fingerprint density at radius 2 is 1.88 bits per heavy atom. The molecule has 6 nitrogen and oxygen atoms in total. The Bertz CT molecular complexity index is 896. The maximum absolute atomic E-state index is 14.6. The Morgan fingerprint density at radius 1 is 1.12 bits per heavy atom. The van der Waals surface area contributed by atoms with Gasteiger partial charge in [0.25, 0.3) is 0 Å². The lowest BCUT2D eigenvalue weighted by Crippen LogP contribution is -2.42. The van der Waals surface area contributed by atoms with E-state index in [1.807, 2.05) is 18.2 Å². The Labute approximate surface area is 190 Å². The zero-order valence-electron chi connectivity index (χ0n) is 19.5. The largest absolute Gasteiger partial charge is 0.383 e. The lowest BCUT2D eigenvalue weighted by atomic mass is 9.90. The average molecular weight is 442 g/mol. The predicted octanol–water partition coefficient (Wildman–Crippen LogP) is 4.84. The van der Waals surface area contributed by atoms with E-state index in [-0.39, 0.29) is 5.82 Å². The molecule has 2 heterocycles. The van der Waals surface area contributed by atoms with Crippen molar-refractivity contribution in [2.24, 2.45) is 5.41 Å². The van der Waals surface area contributed by atoms with Crippen LogP contribution in [-0.4, -0.2) is 48.4 Å². The van der Waals surface area contributed by atoms with E-state index in [9.17, 15) is 4.39 Å². The Morgan fingerprint density at radius 3 is 2.59 bits per heavy atom. The van der Waals surface area contributed by atoms with Crippen LogP contribution < -0.4 is 16.0 Å². The zero-order chi connectivity index (χ0) is 22.6. The highest BCUT2D eigenvalue weighted by molar-refractivity contribution is 5.69. The van der Waals surface area contributed by atoms with Crippen LogP contribution in [0.2, 0.25) is 0 Å². The smallest absolute Gasteiger partial charge is 0.149 e. The van der Waals surface area contributed by atoms with Gasteiger partial charge in [-0.2, -0.15) is 0 Å². The Balaban J connectivity index is 1.36. The summed E-state index contributed by atoms with van der Waals surface area (Å²) >= 11 is 0. The number of aromatic nitrogens is 2. The van der Waals surface area contributed by atoms with Gasteiger partial charge in [-0.1, -0.05) is 6.92 Å². The van der Waals surface area contributed by atoms with Crippen molar-refractivity contribution in [1.29, 1.82) is 0 Å². The van der Waals surface area contributed by atoms with E-state index in [2.05, 4.69) is 39.8 Å². The molecule has 7 heteroatoms. The Kier molecular flexibility index (Phi) is 7.26. The molecule has 1 atom stereocenters. The number of ether oxygens (including phenoxy) is 1. The van der Waals surface area contributed by atoms with Gasteiger partial charge in [0.15, 0.2) is 0 Å². The van der Waals surface area contributed by atoms with Crippen LogP contribution in [0.3, 0.4) is 0 Å². The summed E-state index contributed by atoms with van der Waals surface area (Å²) < 4.78 is 19.9.